The molecule has 4 rings (SSSR count). The quantitative estimate of drug-likeness (QED) is 0.0397. The van der Waals surface area contributed by atoms with Crippen LogP contribution >= 0.6 is 40.9 Å². The molecule has 0 aliphatic carbocycles. The SMILES string of the molecule is CCC(=O)OCOP(=O)(COCCn1cnc2c(NC(=O)OCCSSCCOC(=O)OC[C@@H]3OC(N4C=CC(N)=NC4)CS3)ncnc21)OCOC(=O)C(C)(C)C. The molecule has 0 spiro atoms. The number of nitrogens with one attached hydrogen (secondary N) is 1. The molecule has 1 saturated heterocycles. The van der Waals surface area contributed by atoms with Gasteiger partial charge < -0.3 is 48.4 Å². The molecular formula is C32H47N8O14PS3. The monoisotopic (exact) mass is 894 g/mol. The largest absolute Gasteiger partial charge is 0.508 e. The molecule has 322 valence electrons. The summed E-state index contributed by atoms with van der Waals surface area (Å²) in [7, 11) is -1.16. The van der Waals surface area contributed by atoms with E-state index in [0.717, 1.165) is 0 Å². The van der Waals surface area contributed by atoms with Gasteiger partial charge in [0.2, 0.25) is 13.6 Å². The molecule has 58 heavy (non-hydrogen) atoms. The summed E-state index contributed by atoms with van der Waals surface area (Å²) in [6.45, 7) is 6.06. The van der Waals surface area contributed by atoms with Gasteiger partial charge in [0.05, 0.1) is 18.3 Å². The predicted octanol–water partition coefficient (Wildman–Crippen LogP) is 4.13. The first-order chi connectivity index (χ1) is 27.8. The summed E-state index contributed by atoms with van der Waals surface area (Å²) in [6.07, 6.45) is 4.06. The Labute approximate surface area is 346 Å². The van der Waals surface area contributed by atoms with Crippen LogP contribution in [-0.2, 0) is 62.9 Å². The number of hydrogen-bond donors (Lipinski definition) is 2. The first-order valence-electron chi connectivity index (χ1n) is 17.7. The van der Waals surface area contributed by atoms with Gasteiger partial charge in [-0.25, -0.2) is 29.5 Å². The third kappa shape index (κ3) is 16.1. The number of fused-ring (bicyclic) bond motifs is 1. The number of nitrogens with two attached hydrogens (primary N) is 1. The van der Waals surface area contributed by atoms with Crippen molar-refractivity contribution in [3.8, 4) is 0 Å². The molecule has 26 heteroatoms. The number of aliphatic imine (C=N–C) groups is 1. The fraction of sp³-hybridized carbons (Fsp3) is 0.625. The van der Waals surface area contributed by atoms with Crippen molar-refractivity contribution in [2.24, 2.45) is 16.1 Å². The standard InChI is InChI=1S/C32H47N8O14PS3/c1-5-24(41)50-19-52-55(45,53-20-51-29(42)32(2,3)4)21-46-9-8-40-18-37-26-27(34-16-35-28(26)40)38-30(43)47-10-12-57-58-13-11-48-31(44)49-14-25-54-23(15-56-25)39-7-6-22(33)36-17-39/h6-7,16,18,23,25H,5,8-15,17,19-21H2,1-4H3,(H2,33,36)(H,34,35,38,43)/t23?,25-,55?/m1/s1. The van der Waals surface area contributed by atoms with Crippen LogP contribution in [0.5, 0.6) is 0 Å². The molecule has 3 atom stereocenters. The van der Waals surface area contributed by atoms with E-state index in [0.29, 0.717) is 35.4 Å². The lowest BCUT2D eigenvalue weighted by Gasteiger charge is -2.26. The summed E-state index contributed by atoms with van der Waals surface area (Å²) < 4.78 is 62.1. The molecule has 0 saturated carbocycles. The number of nitrogens with zero attached hydrogens (tertiary/aromatic N) is 6. The lowest BCUT2D eigenvalue weighted by molar-refractivity contribution is -0.160. The fourth-order valence-corrected chi connectivity index (χ4v) is 8.00. The maximum absolute atomic E-state index is 13.2. The van der Waals surface area contributed by atoms with Crippen molar-refractivity contribution in [3.63, 3.8) is 0 Å². The average molecular weight is 895 g/mol. The smallest absolute Gasteiger partial charge is 0.448 e. The molecule has 2 aliphatic heterocycles. The number of amides is 1. The minimum atomic E-state index is -4.03. The van der Waals surface area contributed by atoms with E-state index in [1.54, 1.807) is 38.3 Å². The van der Waals surface area contributed by atoms with Gasteiger partial charge in [-0.1, -0.05) is 28.5 Å². The first-order valence-corrected chi connectivity index (χ1v) is 23.0. The zero-order valence-corrected chi connectivity index (χ0v) is 35.6. The number of anilines is 1. The van der Waals surface area contributed by atoms with Crippen LogP contribution in [0.1, 0.15) is 34.1 Å². The lowest BCUT2D eigenvalue weighted by Crippen LogP contribution is -2.36. The molecule has 22 nitrogen and oxygen atoms in total. The third-order valence-corrected chi connectivity index (χ3v) is 12.2. The second-order valence-electron chi connectivity index (χ2n) is 12.7. The van der Waals surface area contributed by atoms with Crippen LogP contribution in [0.2, 0.25) is 0 Å². The van der Waals surface area contributed by atoms with Crippen molar-refractivity contribution in [2.45, 2.75) is 52.3 Å². The van der Waals surface area contributed by atoms with E-state index in [4.69, 9.17) is 47.9 Å². The van der Waals surface area contributed by atoms with Gasteiger partial charge in [0.1, 0.15) is 56.7 Å². The number of esters is 2. The van der Waals surface area contributed by atoms with Gasteiger partial charge in [-0.3, -0.25) is 28.5 Å². The van der Waals surface area contributed by atoms with Crippen LogP contribution in [0.4, 0.5) is 15.4 Å². The second kappa shape index (κ2) is 23.7. The molecule has 0 aromatic carbocycles. The van der Waals surface area contributed by atoms with E-state index in [1.807, 2.05) is 11.1 Å². The van der Waals surface area contributed by atoms with Crippen molar-refractivity contribution in [1.82, 2.24) is 24.4 Å². The molecule has 2 aromatic rings. The van der Waals surface area contributed by atoms with Crippen molar-refractivity contribution in [1.29, 1.82) is 0 Å². The van der Waals surface area contributed by atoms with Crippen molar-refractivity contribution >= 4 is 88.0 Å². The van der Waals surface area contributed by atoms with Crippen LogP contribution in [0.25, 0.3) is 11.2 Å². The summed E-state index contributed by atoms with van der Waals surface area (Å²) in [5, 5.41) is 2.56. The van der Waals surface area contributed by atoms with Crippen LogP contribution in [-0.4, -0.2) is 136 Å². The highest BCUT2D eigenvalue weighted by Crippen LogP contribution is 2.48. The lowest BCUT2D eigenvalue weighted by atomic mass is 9.98. The van der Waals surface area contributed by atoms with Gasteiger partial charge in [-0.15, -0.1) is 11.8 Å². The Hall–Kier alpha value is -3.84. The summed E-state index contributed by atoms with van der Waals surface area (Å²) >= 11 is 1.53. The number of rotatable bonds is 23. The van der Waals surface area contributed by atoms with Gasteiger partial charge in [0.15, 0.2) is 17.0 Å². The van der Waals surface area contributed by atoms with Crippen molar-refractivity contribution < 1.29 is 65.9 Å². The summed E-state index contributed by atoms with van der Waals surface area (Å²) in [6, 6.07) is 0. The van der Waals surface area contributed by atoms with E-state index in [1.165, 1.54) is 46.0 Å². The number of imidazole rings is 1. The van der Waals surface area contributed by atoms with Gasteiger partial charge >= 0.3 is 31.8 Å². The van der Waals surface area contributed by atoms with E-state index < -0.39 is 57.1 Å². The van der Waals surface area contributed by atoms with E-state index in [2.05, 4.69) is 25.3 Å². The Bertz CT molecular complexity index is 1800. The van der Waals surface area contributed by atoms with E-state index >= 15 is 0 Å². The topological polar surface area (TPSA) is 266 Å². The number of aromatic nitrogens is 4. The molecule has 3 N–H and O–H groups in total. The minimum absolute atomic E-state index is 0.0138. The Kier molecular flexibility index (Phi) is 19.1. The van der Waals surface area contributed by atoms with Gasteiger partial charge in [0, 0.05) is 36.4 Å². The molecule has 1 fully saturated rings. The zero-order valence-electron chi connectivity index (χ0n) is 32.3. The molecule has 4 heterocycles. The van der Waals surface area contributed by atoms with Gasteiger partial charge in [-0.2, -0.15) is 0 Å². The Balaban J connectivity index is 1.08. The highest BCUT2D eigenvalue weighted by molar-refractivity contribution is 8.76. The number of carbonyl (C=O) groups is 4. The van der Waals surface area contributed by atoms with E-state index in [9.17, 15) is 23.7 Å². The summed E-state index contributed by atoms with van der Waals surface area (Å²) in [4.78, 5) is 66.7. The molecule has 0 bridgehead atoms. The van der Waals surface area contributed by atoms with E-state index in [-0.39, 0.29) is 62.4 Å². The van der Waals surface area contributed by atoms with Gasteiger partial charge in [-0.05, 0) is 26.8 Å². The van der Waals surface area contributed by atoms with Crippen molar-refractivity contribution in [3.05, 3.63) is 24.9 Å². The maximum atomic E-state index is 13.2. The Morgan fingerprint density at radius 2 is 1.76 bits per heavy atom. The minimum Gasteiger partial charge on any atom is -0.448 e. The number of thioether (sulfide) groups is 1. The number of amidine groups is 1. The number of ether oxygens (including phenoxy) is 7. The molecule has 2 unspecified atom stereocenters. The average Bonchev–Trinajstić information content (AvgIpc) is 3.84. The molecule has 1 amide bonds. The fourth-order valence-electron chi connectivity index (χ4n) is 4.32. The Morgan fingerprint density at radius 1 is 1.02 bits per heavy atom. The first kappa shape index (κ1) is 46.8. The summed E-state index contributed by atoms with van der Waals surface area (Å²) in [5.74, 6) is 1.08. The highest BCUT2D eigenvalue weighted by Gasteiger charge is 2.31. The molecular weight excluding hydrogens is 848 g/mol. The van der Waals surface area contributed by atoms with Crippen LogP contribution in [0.15, 0.2) is 29.9 Å². The van der Waals surface area contributed by atoms with Crippen LogP contribution < -0.4 is 11.1 Å². The normalized spacial score (nSPS) is 17.7. The zero-order chi connectivity index (χ0) is 42.0. The van der Waals surface area contributed by atoms with Crippen molar-refractivity contribution in [2.75, 3.05) is 75.6 Å². The molecule has 2 aliphatic rings. The second-order valence-corrected chi connectivity index (χ2v) is 18.6. The highest BCUT2D eigenvalue weighted by atomic mass is 33.1. The van der Waals surface area contributed by atoms with Crippen LogP contribution in [0, 0.1) is 5.41 Å². The van der Waals surface area contributed by atoms with Gasteiger partial charge in [0.25, 0.3) is 0 Å². The third-order valence-electron chi connectivity index (χ3n) is 7.32. The molecule has 2 aromatic heterocycles. The predicted molar refractivity (Wildman–Crippen MR) is 213 cm³/mol. The molecule has 0 radical (unpaired) electrons. The maximum Gasteiger partial charge on any atom is 0.508 e. The van der Waals surface area contributed by atoms with Crippen LogP contribution in [0.3, 0.4) is 0 Å². The Morgan fingerprint density at radius 3 is 2.47 bits per heavy atom. The summed E-state index contributed by atoms with van der Waals surface area (Å²) in [5.41, 5.74) is 5.18. The number of hydrogen-bond acceptors (Lipinski definition) is 23. The number of carbonyl (C=O) groups excluding carboxylic acids is 4.